The van der Waals surface area contributed by atoms with Gasteiger partial charge in [0.25, 0.3) is 0 Å². The second-order valence-corrected chi connectivity index (χ2v) is 8.02. The zero-order valence-corrected chi connectivity index (χ0v) is 16.2. The topological polar surface area (TPSA) is 33.7 Å². The Hall–Kier alpha value is -0.520. The van der Waals surface area contributed by atoms with Crippen molar-refractivity contribution in [3.8, 4) is 5.75 Å². The van der Waals surface area contributed by atoms with Crippen LogP contribution in [0.4, 0.5) is 0 Å². The van der Waals surface area contributed by atoms with Gasteiger partial charge in [0, 0.05) is 36.8 Å². The molecule has 4 rings (SSSR count). The molecule has 25 heavy (non-hydrogen) atoms. The van der Waals surface area contributed by atoms with Gasteiger partial charge >= 0.3 is 0 Å². The van der Waals surface area contributed by atoms with Crippen LogP contribution in [0, 0.1) is 5.41 Å². The minimum Gasteiger partial charge on any atom is -0.491 e. The molecule has 3 aliphatic rings. The number of halogens is 2. The third kappa shape index (κ3) is 4.61. The first-order valence-electron chi connectivity index (χ1n) is 9.18. The molecule has 0 amide bonds. The monoisotopic (exact) mass is 386 g/mol. The van der Waals surface area contributed by atoms with Gasteiger partial charge in [-0.1, -0.05) is 11.6 Å². The molecular weight excluding hydrogens is 359 g/mol. The highest BCUT2D eigenvalue weighted by Crippen LogP contribution is 2.37. The van der Waals surface area contributed by atoms with Gasteiger partial charge in [-0.25, -0.2) is 0 Å². The molecule has 0 bridgehead atoms. The highest BCUT2D eigenvalue weighted by atomic mass is 35.5. The molecule has 0 radical (unpaired) electrons. The number of ether oxygens (including phenoxy) is 2. The van der Waals surface area contributed by atoms with Crippen LogP contribution in [0.1, 0.15) is 31.2 Å². The van der Waals surface area contributed by atoms with Gasteiger partial charge in [-0.2, -0.15) is 0 Å². The smallest absolute Gasteiger partial charge is 0.124 e. The van der Waals surface area contributed by atoms with Gasteiger partial charge in [0.2, 0.25) is 0 Å². The second-order valence-electron chi connectivity index (χ2n) is 7.59. The van der Waals surface area contributed by atoms with Gasteiger partial charge in [0.1, 0.15) is 12.4 Å². The highest BCUT2D eigenvalue weighted by Gasteiger charge is 2.40. The maximum Gasteiger partial charge on any atom is 0.124 e. The molecule has 2 unspecified atom stereocenters. The van der Waals surface area contributed by atoms with Crippen LogP contribution in [-0.2, 0) is 11.3 Å². The van der Waals surface area contributed by atoms with Crippen molar-refractivity contribution in [2.24, 2.45) is 5.41 Å². The van der Waals surface area contributed by atoms with E-state index in [0.29, 0.717) is 12.0 Å². The maximum absolute atomic E-state index is 6.24. The Morgan fingerprint density at radius 3 is 3.04 bits per heavy atom. The zero-order chi connectivity index (χ0) is 16.4. The van der Waals surface area contributed by atoms with Gasteiger partial charge < -0.3 is 14.8 Å². The quantitative estimate of drug-likeness (QED) is 0.839. The first-order valence-corrected chi connectivity index (χ1v) is 9.56. The lowest BCUT2D eigenvalue weighted by atomic mass is 9.86. The Bertz CT molecular complexity index is 573. The fraction of sp³-hybridized carbons (Fsp3) is 0.684. The van der Waals surface area contributed by atoms with E-state index in [-0.39, 0.29) is 18.5 Å². The van der Waals surface area contributed by atoms with Crippen molar-refractivity contribution in [1.82, 2.24) is 10.2 Å². The molecule has 3 fully saturated rings. The number of likely N-dealkylation sites (tertiary alicyclic amines) is 1. The van der Waals surface area contributed by atoms with Gasteiger partial charge in [-0.05, 0) is 62.4 Å². The minimum atomic E-state index is 0. The molecule has 1 aromatic rings. The number of hydrogen-bond acceptors (Lipinski definition) is 4. The largest absolute Gasteiger partial charge is 0.491 e. The first kappa shape index (κ1) is 19.2. The van der Waals surface area contributed by atoms with E-state index in [4.69, 9.17) is 21.1 Å². The molecule has 3 heterocycles. The maximum atomic E-state index is 6.24. The van der Waals surface area contributed by atoms with Crippen LogP contribution >= 0.6 is 24.0 Å². The average molecular weight is 387 g/mol. The van der Waals surface area contributed by atoms with Crippen molar-refractivity contribution in [3.63, 3.8) is 0 Å². The Labute approximate surface area is 161 Å². The molecule has 1 spiro atoms. The summed E-state index contributed by atoms with van der Waals surface area (Å²) >= 11 is 6.24. The minimum absolute atomic E-state index is 0. The van der Waals surface area contributed by atoms with Crippen molar-refractivity contribution in [2.75, 3.05) is 39.4 Å². The Morgan fingerprint density at radius 1 is 1.36 bits per heavy atom. The Morgan fingerprint density at radius 2 is 2.28 bits per heavy atom. The van der Waals surface area contributed by atoms with Crippen molar-refractivity contribution < 1.29 is 9.47 Å². The van der Waals surface area contributed by atoms with Crippen LogP contribution < -0.4 is 10.1 Å². The summed E-state index contributed by atoms with van der Waals surface area (Å²) in [4.78, 5) is 2.55. The van der Waals surface area contributed by atoms with Crippen LogP contribution in [0.2, 0.25) is 5.02 Å². The van der Waals surface area contributed by atoms with E-state index in [2.05, 4.69) is 16.3 Å². The Balaban J connectivity index is 0.00000182. The normalized spacial score (nSPS) is 29.2. The summed E-state index contributed by atoms with van der Waals surface area (Å²) in [6, 6.07) is 5.99. The summed E-state index contributed by atoms with van der Waals surface area (Å²) in [5.41, 5.74) is 1.69. The summed E-state index contributed by atoms with van der Waals surface area (Å²) in [5, 5.41) is 4.31. The third-order valence-corrected chi connectivity index (χ3v) is 5.95. The van der Waals surface area contributed by atoms with Crippen LogP contribution in [0.3, 0.4) is 0 Å². The van der Waals surface area contributed by atoms with E-state index in [1.807, 2.05) is 12.1 Å². The summed E-state index contributed by atoms with van der Waals surface area (Å²) in [6.07, 6.45) is 5.09. The molecule has 2 atom stereocenters. The molecule has 3 saturated heterocycles. The lowest BCUT2D eigenvalue weighted by molar-refractivity contribution is 0.0673. The molecule has 140 valence electrons. The molecule has 0 aromatic heterocycles. The van der Waals surface area contributed by atoms with E-state index in [1.54, 1.807) is 0 Å². The van der Waals surface area contributed by atoms with E-state index in [0.717, 1.165) is 36.8 Å². The number of hydrogen-bond donors (Lipinski definition) is 1. The van der Waals surface area contributed by atoms with Gasteiger partial charge in [-0.3, -0.25) is 4.90 Å². The molecule has 6 heteroatoms. The van der Waals surface area contributed by atoms with Crippen molar-refractivity contribution >= 4 is 24.0 Å². The average Bonchev–Trinajstić information content (AvgIpc) is 3.31. The predicted molar refractivity (Wildman–Crippen MR) is 103 cm³/mol. The van der Waals surface area contributed by atoms with Crippen LogP contribution in [0.5, 0.6) is 5.75 Å². The van der Waals surface area contributed by atoms with Gasteiger partial charge in [0.05, 0.1) is 6.10 Å². The van der Waals surface area contributed by atoms with E-state index >= 15 is 0 Å². The Kier molecular flexibility index (Phi) is 6.50. The molecule has 4 nitrogen and oxygen atoms in total. The molecule has 3 aliphatic heterocycles. The molecule has 0 saturated carbocycles. The predicted octanol–water partition coefficient (Wildman–Crippen LogP) is 3.51. The van der Waals surface area contributed by atoms with Gasteiger partial charge in [-0.15, -0.1) is 12.4 Å². The SMILES string of the molecule is Cl.Clc1ccc(OCC2CCCO2)c(CN2CCC3(CCNC3)C2)c1. The lowest BCUT2D eigenvalue weighted by Gasteiger charge is -2.23. The lowest BCUT2D eigenvalue weighted by Crippen LogP contribution is -2.29. The van der Waals surface area contributed by atoms with E-state index in [9.17, 15) is 0 Å². The van der Waals surface area contributed by atoms with Crippen LogP contribution in [0.25, 0.3) is 0 Å². The summed E-state index contributed by atoms with van der Waals surface area (Å²) in [7, 11) is 0. The van der Waals surface area contributed by atoms with Gasteiger partial charge in [0.15, 0.2) is 0 Å². The molecule has 0 aliphatic carbocycles. The summed E-state index contributed by atoms with van der Waals surface area (Å²) in [5.74, 6) is 0.959. The fourth-order valence-electron chi connectivity index (χ4n) is 4.32. The highest BCUT2D eigenvalue weighted by molar-refractivity contribution is 6.30. The van der Waals surface area contributed by atoms with E-state index < -0.39 is 0 Å². The third-order valence-electron chi connectivity index (χ3n) is 5.71. The van der Waals surface area contributed by atoms with Crippen molar-refractivity contribution in [2.45, 2.75) is 38.3 Å². The van der Waals surface area contributed by atoms with Crippen LogP contribution in [-0.4, -0.2) is 50.4 Å². The van der Waals surface area contributed by atoms with Crippen molar-refractivity contribution in [3.05, 3.63) is 28.8 Å². The zero-order valence-electron chi connectivity index (χ0n) is 14.6. The second kappa shape index (κ2) is 8.45. The first-order chi connectivity index (χ1) is 11.7. The number of nitrogens with zero attached hydrogens (tertiary/aromatic N) is 1. The standard InChI is InChI=1S/C19H27ClN2O2.ClH/c20-16-3-4-18(24-12-17-2-1-9-23-17)15(10-16)11-22-8-6-19(14-22)5-7-21-13-19;/h3-4,10,17,21H,1-2,5-9,11-14H2;1H. The number of benzene rings is 1. The number of nitrogens with one attached hydrogen (secondary N) is 1. The number of rotatable bonds is 5. The molecular formula is C19H28Cl2N2O2. The van der Waals surface area contributed by atoms with Crippen LogP contribution in [0.15, 0.2) is 18.2 Å². The van der Waals surface area contributed by atoms with E-state index in [1.165, 1.54) is 44.6 Å². The summed E-state index contributed by atoms with van der Waals surface area (Å²) in [6.45, 7) is 7.11. The molecule has 1 aromatic carbocycles. The fourth-order valence-corrected chi connectivity index (χ4v) is 4.51. The van der Waals surface area contributed by atoms with Crippen molar-refractivity contribution in [1.29, 1.82) is 0 Å². The molecule has 1 N–H and O–H groups in total. The summed E-state index contributed by atoms with van der Waals surface area (Å²) < 4.78 is 11.7.